The number of imidazole rings is 1. The molecule has 0 saturated carbocycles. The molecule has 0 fully saturated rings. The van der Waals surface area contributed by atoms with Crippen molar-refractivity contribution in [2.75, 3.05) is 13.6 Å². The van der Waals surface area contributed by atoms with Gasteiger partial charge in [-0.05, 0) is 7.05 Å². The van der Waals surface area contributed by atoms with Crippen molar-refractivity contribution in [3.8, 4) is 0 Å². The van der Waals surface area contributed by atoms with E-state index < -0.39 is 0 Å². The molecule has 4 heteroatoms. The smallest absolute Gasteiger partial charge is 0.164 e. The first-order valence-corrected chi connectivity index (χ1v) is 6.40. The van der Waals surface area contributed by atoms with Gasteiger partial charge in [-0.2, -0.15) is 0 Å². The highest BCUT2D eigenvalue weighted by atomic mass is 16.1. The third-order valence-corrected chi connectivity index (χ3v) is 3.15. The molecule has 1 aromatic carbocycles. The van der Waals surface area contributed by atoms with Gasteiger partial charge >= 0.3 is 0 Å². The van der Waals surface area contributed by atoms with Gasteiger partial charge in [-0.1, -0.05) is 30.3 Å². The molecule has 0 saturated heterocycles. The predicted molar refractivity (Wildman–Crippen MR) is 74.9 cm³/mol. The first-order valence-electron chi connectivity index (χ1n) is 6.40. The molecule has 4 nitrogen and oxygen atoms in total. The zero-order valence-corrected chi connectivity index (χ0v) is 11.4. The zero-order chi connectivity index (χ0) is 13.7. The van der Waals surface area contributed by atoms with Crippen molar-refractivity contribution in [3.63, 3.8) is 0 Å². The van der Waals surface area contributed by atoms with Gasteiger partial charge in [0, 0.05) is 38.0 Å². The van der Waals surface area contributed by atoms with Crippen LogP contribution < -0.4 is 0 Å². The van der Waals surface area contributed by atoms with E-state index in [-0.39, 0.29) is 5.78 Å². The van der Waals surface area contributed by atoms with E-state index in [9.17, 15) is 4.79 Å². The molecule has 0 aliphatic heterocycles. The van der Waals surface area contributed by atoms with Crippen molar-refractivity contribution in [2.45, 2.75) is 13.0 Å². The fraction of sp³-hybridized carbons (Fsp3) is 0.333. The third-order valence-electron chi connectivity index (χ3n) is 3.15. The van der Waals surface area contributed by atoms with Crippen LogP contribution in [0.1, 0.15) is 22.6 Å². The van der Waals surface area contributed by atoms with Crippen molar-refractivity contribution in [1.29, 1.82) is 0 Å². The van der Waals surface area contributed by atoms with Crippen molar-refractivity contribution in [1.82, 2.24) is 14.5 Å². The van der Waals surface area contributed by atoms with Crippen molar-refractivity contribution >= 4 is 5.78 Å². The summed E-state index contributed by atoms with van der Waals surface area (Å²) in [7, 11) is 3.98. The van der Waals surface area contributed by atoms with Crippen LogP contribution in [0.15, 0.2) is 42.7 Å². The summed E-state index contributed by atoms with van der Waals surface area (Å²) in [5.41, 5.74) is 0.785. The van der Waals surface area contributed by atoms with Crippen LogP contribution in [0.25, 0.3) is 0 Å². The summed E-state index contributed by atoms with van der Waals surface area (Å²) in [5, 5.41) is 0. The molecule has 0 amide bonds. The Morgan fingerprint density at radius 3 is 2.68 bits per heavy atom. The molecule has 1 aromatic heterocycles. The van der Waals surface area contributed by atoms with E-state index in [2.05, 4.69) is 9.88 Å². The standard InChI is InChI=1S/C15H19N3O/c1-17(12-15-16-9-11-18(15)2)10-8-14(19)13-6-4-3-5-7-13/h3-7,9,11H,8,10,12H2,1-2H3. The fourth-order valence-corrected chi connectivity index (χ4v) is 1.93. The first-order chi connectivity index (χ1) is 9.16. The van der Waals surface area contributed by atoms with Gasteiger partial charge in [-0.25, -0.2) is 4.98 Å². The number of rotatable bonds is 6. The number of carbonyl (C=O) groups excluding carboxylic acids is 1. The molecular formula is C15H19N3O. The number of hydrogen-bond donors (Lipinski definition) is 0. The lowest BCUT2D eigenvalue weighted by Crippen LogP contribution is -2.23. The Balaban J connectivity index is 1.82. The van der Waals surface area contributed by atoms with Gasteiger partial charge in [0.05, 0.1) is 6.54 Å². The molecule has 0 radical (unpaired) electrons. The number of aryl methyl sites for hydroxylation is 1. The van der Waals surface area contributed by atoms with Crippen LogP contribution in [0, 0.1) is 0 Å². The van der Waals surface area contributed by atoms with Crippen LogP contribution >= 0.6 is 0 Å². The Labute approximate surface area is 113 Å². The topological polar surface area (TPSA) is 38.1 Å². The molecule has 0 N–H and O–H groups in total. The second kappa shape index (κ2) is 6.29. The molecule has 0 bridgehead atoms. The molecule has 19 heavy (non-hydrogen) atoms. The van der Waals surface area contributed by atoms with E-state index in [1.165, 1.54) is 0 Å². The summed E-state index contributed by atoms with van der Waals surface area (Å²) in [6.45, 7) is 1.49. The maximum atomic E-state index is 12.0. The van der Waals surface area contributed by atoms with E-state index in [1.807, 2.05) is 55.2 Å². The largest absolute Gasteiger partial charge is 0.337 e. The predicted octanol–water partition coefficient (Wildman–Crippen LogP) is 2.12. The Morgan fingerprint density at radius 2 is 2.05 bits per heavy atom. The van der Waals surface area contributed by atoms with Crippen LogP contribution in [0.3, 0.4) is 0 Å². The number of hydrogen-bond acceptors (Lipinski definition) is 3. The van der Waals surface area contributed by atoms with Gasteiger partial charge in [-0.15, -0.1) is 0 Å². The van der Waals surface area contributed by atoms with Crippen LogP contribution in [-0.2, 0) is 13.6 Å². The summed E-state index contributed by atoms with van der Waals surface area (Å²) in [6.07, 6.45) is 4.25. The lowest BCUT2D eigenvalue weighted by molar-refractivity contribution is 0.0967. The monoisotopic (exact) mass is 257 g/mol. The summed E-state index contributed by atoms with van der Waals surface area (Å²) >= 11 is 0. The Kier molecular flexibility index (Phi) is 4.47. The Bertz CT molecular complexity index is 533. The van der Waals surface area contributed by atoms with Crippen LogP contribution in [0.4, 0.5) is 0 Å². The highest BCUT2D eigenvalue weighted by molar-refractivity contribution is 5.96. The summed E-state index contributed by atoms with van der Waals surface area (Å²) in [6, 6.07) is 9.43. The molecule has 100 valence electrons. The molecule has 2 aromatic rings. The first kappa shape index (κ1) is 13.5. The highest BCUT2D eigenvalue weighted by Crippen LogP contribution is 2.05. The van der Waals surface area contributed by atoms with Crippen LogP contribution in [0.2, 0.25) is 0 Å². The Morgan fingerprint density at radius 1 is 1.32 bits per heavy atom. The lowest BCUT2D eigenvalue weighted by atomic mass is 10.1. The van der Waals surface area contributed by atoms with Gasteiger partial charge in [0.25, 0.3) is 0 Å². The molecule has 0 atom stereocenters. The molecular weight excluding hydrogens is 238 g/mol. The van der Waals surface area contributed by atoms with Gasteiger partial charge in [0.1, 0.15) is 5.82 Å². The van der Waals surface area contributed by atoms with E-state index >= 15 is 0 Å². The maximum Gasteiger partial charge on any atom is 0.164 e. The summed E-state index contributed by atoms with van der Waals surface area (Å²) in [4.78, 5) is 18.4. The average Bonchev–Trinajstić information content (AvgIpc) is 2.82. The lowest BCUT2D eigenvalue weighted by Gasteiger charge is -2.15. The second-order valence-electron chi connectivity index (χ2n) is 4.73. The van der Waals surface area contributed by atoms with Crippen molar-refractivity contribution in [3.05, 3.63) is 54.1 Å². The molecule has 0 aliphatic rings. The van der Waals surface area contributed by atoms with Gasteiger partial charge in [0.2, 0.25) is 0 Å². The average molecular weight is 257 g/mol. The van der Waals surface area contributed by atoms with Gasteiger partial charge < -0.3 is 4.57 Å². The number of benzene rings is 1. The van der Waals surface area contributed by atoms with Gasteiger partial charge in [-0.3, -0.25) is 9.69 Å². The summed E-state index contributed by atoms with van der Waals surface area (Å²) < 4.78 is 2.00. The quantitative estimate of drug-likeness (QED) is 0.744. The highest BCUT2D eigenvalue weighted by Gasteiger charge is 2.08. The SMILES string of the molecule is CN(CCC(=O)c1ccccc1)Cc1nccn1C. The second-order valence-corrected chi connectivity index (χ2v) is 4.73. The van der Waals surface area contributed by atoms with Crippen molar-refractivity contribution in [2.24, 2.45) is 7.05 Å². The number of nitrogens with zero attached hydrogens (tertiary/aromatic N) is 3. The third kappa shape index (κ3) is 3.76. The molecule has 0 aliphatic carbocycles. The minimum Gasteiger partial charge on any atom is -0.337 e. The molecule has 0 spiro atoms. The van der Waals surface area contributed by atoms with Crippen LogP contribution in [-0.4, -0.2) is 33.8 Å². The van der Waals surface area contributed by atoms with Crippen molar-refractivity contribution < 1.29 is 4.79 Å². The van der Waals surface area contributed by atoms with E-state index in [0.717, 1.165) is 24.5 Å². The molecule has 2 rings (SSSR count). The van der Waals surface area contributed by atoms with E-state index in [1.54, 1.807) is 6.20 Å². The minimum atomic E-state index is 0.187. The number of aromatic nitrogens is 2. The number of carbonyl (C=O) groups is 1. The van der Waals surface area contributed by atoms with E-state index in [4.69, 9.17) is 0 Å². The van der Waals surface area contributed by atoms with Crippen LogP contribution in [0.5, 0.6) is 0 Å². The zero-order valence-electron chi connectivity index (χ0n) is 11.4. The minimum absolute atomic E-state index is 0.187. The van der Waals surface area contributed by atoms with Gasteiger partial charge in [0.15, 0.2) is 5.78 Å². The molecule has 0 unspecified atom stereocenters. The number of Topliss-reactive ketones (excluding diaryl/α,β-unsaturated/α-hetero) is 1. The maximum absolute atomic E-state index is 12.0. The van der Waals surface area contributed by atoms with E-state index in [0.29, 0.717) is 6.42 Å². The molecule has 1 heterocycles. The summed E-state index contributed by atoms with van der Waals surface area (Å²) in [5.74, 6) is 1.20. The Hall–Kier alpha value is -1.94. The number of ketones is 1. The fourth-order valence-electron chi connectivity index (χ4n) is 1.93. The normalized spacial score (nSPS) is 10.9.